The summed E-state index contributed by atoms with van der Waals surface area (Å²) in [6, 6.07) is 11.1. The van der Waals surface area contributed by atoms with Crippen LogP contribution in [0.25, 0.3) is 0 Å². The number of benzene rings is 1. The quantitative estimate of drug-likeness (QED) is 0.501. The summed E-state index contributed by atoms with van der Waals surface area (Å²) < 4.78 is 0. The van der Waals surface area contributed by atoms with Gasteiger partial charge in [-0.2, -0.15) is 0 Å². The Labute approximate surface area is 135 Å². The van der Waals surface area contributed by atoms with Crippen LogP contribution >= 0.6 is 0 Å². The fourth-order valence-electron chi connectivity index (χ4n) is 2.26. The van der Waals surface area contributed by atoms with E-state index in [-0.39, 0.29) is 0 Å². The summed E-state index contributed by atoms with van der Waals surface area (Å²) >= 11 is 0. The first-order valence-electron chi connectivity index (χ1n) is 7.90. The molecule has 0 fully saturated rings. The fourth-order valence-corrected chi connectivity index (χ4v) is 8.74. The zero-order valence-corrected chi connectivity index (χ0v) is 18.1. The Morgan fingerprint density at radius 1 is 0.762 bits per heavy atom. The summed E-state index contributed by atoms with van der Waals surface area (Å²) in [5.74, 6) is 0. The van der Waals surface area contributed by atoms with E-state index in [1.54, 1.807) is 5.20 Å². The maximum absolute atomic E-state index is 2.63. The van der Waals surface area contributed by atoms with Gasteiger partial charge in [-0.15, -0.1) is 0 Å². The molecule has 0 unspecified atom stereocenters. The predicted octanol–water partition coefficient (Wildman–Crippen LogP) is 5.38. The Morgan fingerprint density at radius 3 is 1.71 bits per heavy atom. The third-order valence-corrected chi connectivity index (χ3v) is 9.73. The van der Waals surface area contributed by atoms with Crippen molar-refractivity contribution in [1.82, 2.24) is 0 Å². The smallest absolute Gasteiger partial charge is 0.0953 e. The lowest BCUT2D eigenvalue weighted by Crippen LogP contribution is -2.44. The third-order valence-electron chi connectivity index (χ3n) is 3.57. The maximum atomic E-state index is 2.63. The molecule has 0 saturated heterocycles. The number of allylic oxidation sites excluding steroid dienone is 2. The molecule has 0 N–H and O–H groups in total. The van der Waals surface area contributed by atoms with E-state index < -0.39 is 24.2 Å². The van der Waals surface area contributed by atoms with Crippen LogP contribution in [0.1, 0.15) is 0 Å². The van der Waals surface area contributed by atoms with E-state index in [1.165, 1.54) is 5.19 Å². The molecule has 1 rings (SSSR count). The lowest BCUT2D eigenvalue weighted by Gasteiger charge is -2.28. The molecule has 0 aromatic heterocycles. The van der Waals surface area contributed by atoms with E-state index in [1.807, 2.05) is 0 Å². The van der Waals surface area contributed by atoms with Gasteiger partial charge in [0.2, 0.25) is 0 Å². The van der Waals surface area contributed by atoms with Crippen molar-refractivity contribution in [2.75, 3.05) is 0 Å². The van der Waals surface area contributed by atoms with Gasteiger partial charge in [0.25, 0.3) is 0 Å². The largest absolute Gasteiger partial charge is 0.111 e. The van der Waals surface area contributed by atoms with Crippen molar-refractivity contribution >= 4 is 29.4 Å². The molecule has 0 spiro atoms. The molecule has 0 bridgehead atoms. The monoisotopic (exact) mass is 332 g/mol. The number of hydrogen-bond acceptors (Lipinski definition) is 0. The highest BCUT2D eigenvalue weighted by Gasteiger charge is 2.28. The summed E-state index contributed by atoms with van der Waals surface area (Å²) in [4.78, 5) is 0. The molecule has 0 heterocycles. The van der Waals surface area contributed by atoms with Crippen molar-refractivity contribution in [3.63, 3.8) is 0 Å². The molecule has 0 aliphatic carbocycles. The minimum absolute atomic E-state index is 1.16. The molecule has 116 valence electrons. The fraction of sp³-hybridized carbons (Fsp3) is 0.444. The second-order valence-corrected chi connectivity index (χ2v) is 23.1. The molecule has 0 amide bonds. The normalized spacial score (nSPS) is 14.8. The van der Waals surface area contributed by atoms with Gasteiger partial charge in [0.15, 0.2) is 0 Å². The molecule has 3 heteroatoms. The van der Waals surface area contributed by atoms with Crippen LogP contribution in [0, 0.1) is 0 Å². The molecule has 1 aromatic rings. The van der Waals surface area contributed by atoms with Crippen molar-refractivity contribution in [3.05, 3.63) is 53.0 Å². The van der Waals surface area contributed by atoms with Gasteiger partial charge in [0.1, 0.15) is 8.07 Å². The van der Waals surface area contributed by atoms with Crippen LogP contribution in [0.5, 0.6) is 0 Å². The first kappa shape index (κ1) is 18.4. The Bertz CT molecular complexity index is 512. The minimum Gasteiger partial charge on any atom is -0.0953 e. The highest BCUT2D eigenvalue weighted by atomic mass is 28.3. The molecule has 0 aliphatic rings. The second-order valence-electron chi connectivity index (χ2n) is 8.66. The third kappa shape index (κ3) is 6.32. The minimum atomic E-state index is -1.59. The summed E-state index contributed by atoms with van der Waals surface area (Å²) in [6.45, 7) is 19.5. The lowest BCUT2D eigenvalue weighted by molar-refractivity contribution is 1.63. The van der Waals surface area contributed by atoms with Crippen LogP contribution < -0.4 is 5.19 Å². The molecule has 0 nitrogen and oxygen atoms in total. The molecule has 1 aromatic carbocycles. The summed E-state index contributed by atoms with van der Waals surface area (Å²) in [5.41, 5.74) is 5.14. The lowest BCUT2D eigenvalue weighted by atomic mass is 10.4. The summed E-state index contributed by atoms with van der Waals surface area (Å²) in [7, 11) is -3.97. The van der Waals surface area contributed by atoms with E-state index >= 15 is 0 Å². The zero-order valence-electron chi connectivity index (χ0n) is 15.1. The SMILES string of the molecule is C[Si](C)(C)/C=C/C(=C\[Si](C)(C)C)[Si](C)(C)c1ccccc1. The first-order chi connectivity index (χ1) is 9.42. The van der Waals surface area contributed by atoms with E-state index in [0.29, 0.717) is 0 Å². The van der Waals surface area contributed by atoms with Gasteiger partial charge >= 0.3 is 0 Å². The molecule has 0 aliphatic heterocycles. The van der Waals surface area contributed by atoms with Crippen LogP contribution in [0.2, 0.25) is 52.4 Å². The Hall–Kier alpha value is -0.649. The van der Waals surface area contributed by atoms with Crippen LogP contribution in [-0.2, 0) is 0 Å². The topological polar surface area (TPSA) is 0 Å². The molecule has 0 saturated carbocycles. The average molecular weight is 333 g/mol. The molecule has 0 radical (unpaired) electrons. The summed E-state index contributed by atoms with van der Waals surface area (Å²) in [6.07, 6.45) is 2.48. The van der Waals surface area contributed by atoms with E-state index in [9.17, 15) is 0 Å². The highest BCUT2D eigenvalue weighted by Crippen LogP contribution is 2.21. The Morgan fingerprint density at radius 2 is 1.29 bits per heavy atom. The molecule has 0 atom stereocenters. The van der Waals surface area contributed by atoms with Crippen LogP contribution in [0.15, 0.2) is 53.0 Å². The number of rotatable bonds is 5. The van der Waals surface area contributed by atoms with E-state index in [0.717, 1.165) is 0 Å². The van der Waals surface area contributed by atoms with Crippen LogP contribution in [0.4, 0.5) is 0 Å². The van der Waals surface area contributed by atoms with Crippen LogP contribution in [-0.4, -0.2) is 24.2 Å². The van der Waals surface area contributed by atoms with Crippen molar-refractivity contribution in [2.24, 2.45) is 0 Å². The molecule has 21 heavy (non-hydrogen) atoms. The highest BCUT2D eigenvalue weighted by molar-refractivity contribution is 6.98. The van der Waals surface area contributed by atoms with E-state index in [4.69, 9.17) is 0 Å². The Kier molecular flexibility index (Phi) is 5.81. The van der Waals surface area contributed by atoms with Gasteiger partial charge in [-0.05, 0) is 0 Å². The second kappa shape index (κ2) is 6.63. The average Bonchev–Trinajstić information content (AvgIpc) is 2.33. The molecular weight excluding hydrogens is 300 g/mol. The van der Waals surface area contributed by atoms with Gasteiger partial charge in [-0.1, -0.05) is 111 Å². The van der Waals surface area contributed by atoms with Crippen LogP contribution in [0.3, 0.4) is 0 Å². The van der Waals surface area contributed by atoms with Gasteiger partial charge in [-0.3, -0.25) is 0 Å². The predicted molar refractivity (Wildman–Crippen MR) is 107 cm³/mol. The maximum Gasteiger partial charge on any atom is 0.111 e. The van der Waals surface area contributed by atoms with Crippen molar-refractivity contribution in [3.8, 4) is 0 Å². The standard InChI is InChI=1S/C18H32Si3/c1-19(2,3)15-14-18(16-20(4,5)6)21(7,8)17-12-10-9-11-13-17/h9-16H,1-8H3/b15-14+,18-16+. The Balaban J connectivity index is 3.31. The molecular formula is C18H32Si3. The zero-order chi connectivity index (χ0) is 16.3. The van der Waals surface area contributed by atoms with Crippen molar-refractivity contribution in [1.29, 1.82) is 0 Å². The van der Waals surface area contributed by atoms with Gasteiger partial charge < -0.3 is 0 Å². The number of hydrogen-bond donors (Lipinski definition) is 0. The van der Waals surface area contributed by atoms with E-state index in [2.05, 4.69) is 100 Å². The van der Waals surface area contributed by atoms with Gasteiger partial charge in [0, 0.05) is 0 Å². The van der Waals surface area contributed by atoms with Crippen molar-refractivity contribution < 1.29 is 0 Å². The van der Waals surface area contributed by atoms with Crippen molar-refractivity contribution in [2.45, 2.75) is 52.4 Å². The van der Waals surface area contributed by atoms with Gasteiger partial charge in [0.05, 0.1) is 16.1 Å². The summed E-state index contributed by atoms with van der Waals surface area (Å²) in [5, 5.41) is 3.16. The van der Waals surface area contributed by atoms with Gasteiger partial charge in [-0.25, -0.2) is 0 Å². The first-order valence-corrected chi connectivity index (χ1v) is 18.1.